The molecule has 4 heteroatoms. The van der Waals surface area contributed by atoms with E-state index in [9.17, 15) is 0 Å². The highest BCUT2D eigenvalue weighted by molar-refractivity contribution is 6.31. The minimum Gasteiger partial charge on any atom is -0.319 e. The summed E-state index contributed by atoms with van der Waals surface area (Å²) in [7, 11) is 0. The average Bonchev–Trinajstić information content (AvgIpc) is 2.70. The molecule has 18 heavy (non-hydrogen) atoms. The van der Waals surface area contributed by atoms with Gasteiger partial charge in [0.2, 0.25) is 0 Å². The van der Waals surface area contributed by atoms with Gasteiger partial charge in [0.05, 0.1) is 23.0 Å². The first-order valence-electron chi connectivity index (χ1n) is 6.16. The van der Waals surface area contributed by atoms with Crippen molar-refractivity contribution in [3.05, 3.63) is 52.3 Å². The molecule has 0 aliphatic rings. The van der Waals surface area contributed by atoms with E-state index >= 15 is 0 Å². The molecule has 1 aromatic carbocycles. The van der Waals surface area contributed by atoms with Crippen LogP contribution in [0, 0.1) is 6.92 Å². The van der Waals surface area contributed by atoms with Crippen molar-refractivity contribution in [1.29, 1.82) is 0 Å². The second-order valence-corrected chi connectivity index (χ2v) is 4.90. The molecular formula is C14H18ClN3. The fraction of sp³-hybridized carbons (Fsp3) is 0.357. The molecule has 0 bridgehead atoms. The molecule has 0 fully saturated rings. The summed E-state index contributed by atoms with van der Waals surface area (Å²) in [5.41, 5.74) is 9.47. The van der Waals surface area contributed by atoms with Crippen LogP contribution in [0.3, 0.4) is 0 Å². The normalized spacial score (nSPS) is 12.7. The lowest BCUT2D eigenvalue weighted by molar-refractivity contribution is 0.560. The van der Waals surface area contributed by atoms with Gasteiger partial charge in [-0.15, -0.1) is 0 Å². The maximum atomic E-state index is 6.32. The van der Waals surface area contributed by atoms with Gasteiger partial charge in [0.25, 0.3) is 0 Å². The van der Waals surface area contributed by atoms with Crippen molar-refractivity contribution in [3.8, 4) is 0 Å². The second kappa shape index (κ2) is 5.55. The molecule has 0 saturated heterocycles. The molecule has 2 aromatic rings. The van der Waals surface area contributed by atoms with Crippen LogP contribution in [0.5, 0.6) is 0 Å². The van der Waals surface area contributed by atoms with E-state index in [0.717, 1.165) is 24.2 Å². The van der Waals surface area contributed by atoms with Gasteiger partial charge in [0.15, 0.2) is 0 Å². The molecule has 1 atom stereocenters. The largest absolute Gasteiger partial charge is 0.319 e. The zero-order chi connectivity index (χ0) is 13.1. The second-order valence-electron chi connectivity index (χ2n) is 4.49. The van der Waals surface area contributed by atoms with Crippen molar-refractivity contribution in [2.75, 3.05) is 0 Å². The summed E-state index contributed by atoms with van der Waals surface area (Å²) in [5, 5.41) is 4.92. The van der Waals surface area contributed by atoms with E-state index in [1.807, 2.05) is 16.8 Å². The Morgan fingerprint density at radius 1 is 1.44 bits per heavy atom. The predicted octanol–water partition coefficient (Wildman–Crippen LogP) is 3.30. The molecule has 96 valence electrons. The zero-order valence-electron chi connectivity index (χ0n) is 10.7. The van der Waals surface area contributed by atoms with Crippen molar-refractivity contribution in [2.24, 2.45) is 5.73 Å². The van der Waals surface area contributed by atoms with Crippen LogP contribution >= 0.6 is 11.6 Å². The molecule has 0 radical (unpaired) electrons. The molecule has 0 amide bonds. The highest BCUT2D eigenvalue weighted by Gasteiger charge is 2.18. The Labute approximate surface area is 113 Å². The highest BCUT2D eigenvalue weighted by Crippen LogP contribution is 2.26. The lowest BCUT2D eigenvalue weighted by Crippen LogP contribution is -2.18. The summed E-state index contributed by atoms with van der Waals surface area (Å²) in [6, 6.07) is 7.95. The van der Waals surface area contributed by atoms with E-state index in [4.69, 9.17) is 17.3 Å². The van der Waals surface area contributed by atoms with Gasteiger partial charge in [-0.1, -0.05) is 48.4 Å². The molecule has 0 aliphatic heterocycles. The van der Waals surface area contributed by atoms with E-state index in [2.05, 4.69) is 31.1 Å². The summed E-state index contributed by atoms with van der Waals surface area (Å²) >= 11 is 6.20. The van der Waals surface area contributed by atoms with Crippen LogP contribution in [-0.4, -0.2) is 9.78 Å². The summed E-state index contributed by atoms with van der Waals surface area (Å²) in [6.45, 7) is 5.00. The minimum atomic E-state index is -0.230. The maximum Gasteiger partial charge on any atom is 0.0837 e. The molecule has 2 N–H and O–H groups in total. The van der Waals surface area contributed by atoms with Gasteiger partial charge in [-0.05, 0) is 18.9 Å². The Morgan fingerprint density at radius 3 is 2.89 bits per heavy atom. The maximum absolute atomic E-state index is 6.32. The average molecular weight is 264 g/mol. The van der Waals surface area contributed by atoms with Crippen LogP contribution < -0.4 is 5.73 Å². The highest BCUT2D eigenvalue weighted by atomic mass is 35.5. The van der Waals surface area contributed by atoms with Crippen LogP contribution in [0.4, 0.5) is 0 Å². The van der Waals surface area contributed by atoms with Crippen LogP contribution in [0.15, 0.2) is 30.5 Å². The lowest BCUT2D eigenvalue weighted by atomic mass is 10.0. The van der Waals surface area contributed by atoms with Crippen LogP contribution in [-0.2, 0) is 6.54 Å². The molecule has 0 spiro atoms. The first-order chi connectivity index (χ1) is 8.63. The van der Waals surface area contributed by atoms with Crippen molar-refractivity contribution in [2.45, 2.75) is 32.9 Å². The van der Waals surface area contributed by atoms with E-state index in [0.29, 0.717) is 5.02 Å². The number of nitrogens with zero attached hydrogens (tertiary/aromatic N) is 2. The van der Waals surface area contributed by atoms with Gasteiger partial charge in [-0.25, -0.2) is 0 Å². The zero-order valence-corrected chi connectivity index (χ0v) is 11.5. The first kappa shape index (κ1) is 13.1. The third-order valence-electron chi connectivity index (χ3n) is 2.96. The van der Waals surface area contributed by atoms with Gasteiger partial charge >= 0.3 is 0 Å². The Morgan fingerprint density at radius 2 is 2.22 bits per heavy atom. The third-order valence-corrected chi connectivity index (χ3v) is 3.26. The van der Waals surface area contributed by atoms with Crippen LogP contribution in [0.1, 0.15) is 36.2 Å². The Hall–Kier alpha value is -1.32. The lowest BCUT2D eigenvalue weighted by Gasteiger charge is -2.15. The number of rotatable bonds is 4. The quantitative estimate of drug-likeness (QED) is 0.920. The summed E-state index contributed by atoms with van der Waals surface area (Å²) in [6.07, 6.45) is 2.67. The van der Waals surface area contributed by atoms with E-state index in [-0.39, 0.29) is 6.04 Å². The number of hydrogen-bond donors (Lipinski definition) is 1. The molecule has 1 aromatic heterocycles. The standard InChI is InChI=1S/C14H18ClN3/c1-3-7-18-14(12(15)9-17-18)13(16)11-6-4-5-10(2)8-11/h4-6,8-9,13H,3,7,16H2,1-2H3. The van der Waals surface area contributed by atoms with Crippen molar-refractivity contribution in [3.63, 3.8) is 0 Å². The molecule has 1 unspecified atom stereocenters. The molecule has 3 nitrogen and oxygen atoms in total. The first-order valence-corrected chi connectivity index (χ1v) is 6.54. The number of hydrogen-bond acceptors (Lipinski definition) is 2. The number of benzene rings is 1. The van der Waals surface area contributed by atoms with Crippen LogP contribution in [0.25, 0.3) is 0 Å². The number of nitrogens with two attached hydrogens (primary N) is 1. The molecular weight excluding hydrogens is 246 g/mol. The summed E-state index contributed by atoms with van der Waals surface area (Å²) in [5.74, 6) is 0. The van der Waals surface area contributed by atoms with Crippen molar-refractivity contribution in [1.82, 2.24) is 9.78 Å². The third kappa shape index (κ3) is 2.57. The minimum absolute atomic E-state index is 0.230. The number of aromatic nitrogens is 2. The van der Waals surface area contributed by atoms with Gasteiger partial charge in [0.1, 0.15) is 0 Å². The predicted molar refractivity (Wildman–Crippen MR) is 74.7 cm³/mol. The van der Waals surface area contributed by atoms with E-state index < -0.39 is 0 Å². The van der Waals surface area contributed by atoms with E-state index in [1.165, 1.54) is 5.56 Å². The van der Waals surface area contributed by atoms with Crippen molar-refractivity contribution < 1.29 is 0 Å². The van der Waals surface area contributed by atoms with E-state index in [1.54, 1.807) is 6.20 Å². The fourth-order valence-corrected chi connectivity index (χ4v) is 2.35. The Balaban J connectivity index is 2.39. The molecule has 0 saturated carbocycles. The molecule has 0 aliphatic carbocycles. The molecule has 2 rings (SSSR count). The van der Waals surface area contributed by atoms with Crippen molar-refractivity contribution >= 4 is 11.6 Å². The van der Waals surface area contributed by atoms with Gasteiger partial charge in [-0.2, -0.15) is 5.10 Å². The van der Waals surface area contributed by atoms with Gasteiger partial charge in [-0.3, -0.25) is 4.68 Å². The van der Waals surface area contributed by atoms with Crippen LogP contribution in [0.2, 0.25) is 5.02 Å². The number of aryl methyl sites for hydroxylation is 2. The number of halogens is 1. The van der Waals surface area contributed by atoms with Gasteiger partial charge < -0.3 is 5.73 Å². The Bertz CT molecular complexity index is 534. The summed E-state index contributed by atoms with van der Waals surface area (Å²) in [4.78, 5) is 0. The Kier molecular flexibility index (Phi) is 4.04. The van der Waals surface area contributed by atoms with Gasteiger partial charge in [0, 0.05) is 6.54 Å². The topological polar surface area (TPSA) is 43.8 Å². The smallest absolute Gasteiger partial charge is 0.0837 e. The molecule has 1 heterocycles. The fourth-order valence-electron chi connectivity index (χ4n) is 2.09. The monoisotopic (exact) mass is 263 g/mol. The SMILES string of the molecule is CCCn1ncc(Cl)c1C(N)c1cccc(C)c1. The summed E-state index contributed by atoms with van der Waals surface area (Å²) < 4.78 is 1.90.